The molecule has 4 rings (SSSR count). The quantitative estimate of drug-likeness (QED) is 0.131. The predicted octanol–water partition coefficient (Wildman–Crippen LogP) is -0.298. The van der Waals surface area contributed by atoms with Crippen LogP contribution in [0.2, 0.25) is 0 Å². The van der Waals surface area contributed by atoms with Crippen molar-refractivity contribution in [2.24, 2.45) is 23.7 Å². The molecule has 4 saturated heterocycles. The van der Waals surface area contributed by atoms with E-state index in [0.717, 1.165) is 0 Å². The van der Waals surface area contributed by atoms with Crippen LogP contribution >= 0.6 is 0 Å². The van der Waals surface area contributed by atoms with Gasteiger partial charge in [0, 0.05) is 37.3 Å². The van der Waals surface area contributed by atoms with Crippen molar-refractivity contribution in [3.05, 3.63) is 0 Å². The van der Waals surface area contributed by atoms with Crippen LogP contribution in [0.1, 0.15) is 94.9 Å². The number of rotatable bonds is 10. The van der Waals surface area contributed by atoms with E-state index in [9.17, 15) is 55.2 Å². The second-order valence-corrected chi connectivity index (χ2v) is 19.3. The first-order valence-electron chi connectivity index (χ1n) is 22.0. The molecule has 4 aliphatic heterocycles. The van der Waals surface area contributed by atoms with E-state index in [1.54, 1.807) is 34.6 Å². The number of aliphatic hydroxyl groups is 7. The topological polar surface area (TPSA) is 290 Å². The summed E-state index contributed by atoms with van der Waals surface area (Å²) < 4.78 is 49.3. The predicted molar refractivity (Wildman–Crippen MR) is 219 cm³/mol. The van der Waals surface area contributed by atoms with Gasteiger partial charge in [0.05, 0.1) is 47.6 Å². The minimum Gasteiger partial charge on any atom is -0.479 e. The number of carbonyl (C=O) groups excluding carboxylic acids is 2. The van der Waals surface area contributed by atoms with Crippen molar-refractivity contribution >= 4 is 17.7 Å². The summed E-state index contributed by atoms with van der Waals surface area (Å²) in [4.78, 5) is 42.0. The summed E-state index contributed by atoms with van der Waals surface area (Å²) in [6.07, 6.45) is -20.9. The SMILES string of the molecule is CC[C@H]1OC(=O)[C@H](C)[C@@H](O[C@H]2C[C@@](C)(OC)[C@@H](OC3OC(C(=O)O)C(O)C(O)C3O)[C@H](C)O2)[C@H](C)[C@@H](O[C@@H]2O[C@H](C)C[C@H](N(C)C)[C@H]2O)[C@](C)(O)C[C@@H](C)C(=O)[C@H](C)[C@@H](O)[C@]1(C)O. The maximum Gasteiger partial charge on any atom is 0.335 e. The van der Waals surface area contributed by atoms with Crippen molar-refractivity contribution in [1.82, 2.24) is 4.90 Å². The van der Waals surface area contributed by atoms with E-state index in [1.165, 1.54) is 34.8 Å². The van der Waals surface area contributed by atoms with Gasteiger partial charge in [-0.05, 0) is 74.9 Å². The lowest BCUT2D eigenvalue weighted by molar-refractivity contribution is -0.358. The number of hydrogen-bond donors (Lipinski definition) is 8. The molecule has 0 aromatic rings. The molecule has 20 heteroatoms. The molecule has 8 N–H and O–H groups in total. The molecule has 63 heavy (non-hydrogen) atoms. The zero-order chi connectivity index (χ0) is 47.8. The number of carboxylic acid groups (broad SMARTS) is 1. The maximum absolute atomic E-state index is 14.4. The first-order chi connectivity index (χ1) is 29.0. The van der Waals surface area contributed by atoms with Crippen molar-refractivity contribution in [3.63, 3.8) is 0 Å². The van der Waals surface area contributed by atoms with Crippen LogP contribution in [0.15, 0.2) is 0 Å². The highest BCUT2D eigenvalue weighted by molar-refractivity contribution is 5.83. The molecule has 20 nitrogen and oxygen atoms in total. The molecular formula is C43H75NO19. The molecule has 4 aliphatic rings. The Morgan fingerprint density at radius 2 is 1.38 bits per heavy atom. The zero-order valence-corrected chi connectivity index (χ0v) is 38.9. The Kier molecular flexibility index (Phi) is 17.8. The van der Waals surface area contributed by atoms with Gasteiger partial charge in [-0.25, -0.2) is 4.79 Å². The number of aliphatic hydroxyl groups excluding tert-OH is 5. The Morgan fingerprint density at radius 3 is 1.94 bits per heavy atom. The third kappa shape index (κ3) is 11.4. The first kappa shape index (κ1) is 53.6. The molecule has 0 radical (unpaired) electrons. The van der Waals surface area contributed by atoms with Crippen LogP contribution in [0.5, 0.6) is 0 Å². The molecule has 0 amide bonds. The molecule has 0 saturated carbocycles. The number of ether oxygens (including phenoxy) is 8. The van der Waals surface area contributed by atoms with E-state index < -0.39 is 150 Å². The minimum absolute atomic E-state index is 0.0576. The molecule has 0 bridgehead atoms. The van der Waals surface area contributed by atoms with Crippen LogP contribution in [-0.2, 0) is 52.3 Å². The Morgan fingerprint density at radius 1 is 0.794 bits per heavy atom. The molecule has 366 valence electrons. The lowest BCUT2D eigenvalue weighted by Gasteiger charge is -2.50. The van der Waals surface area contributed by atoms with Crippen LogP contribution in [0, 0.1) is 23.7 Å². The molecule has 23 atom stereocenters. The average Bonchev–Trinajstić information content (AvgIpc) is 3.20. The number of likely N-dealkylation sites (N-methyl/N-ethyl adjacent to an activating group) is 1. The highest BCUT2D eigenvalue weighted by Crippen LogP contribution is 2.42. The van der Waals surface area contributed by atoms with E-state index >= 15 is 0 Å². The maximum atomic E-state index is 14.4. The molecule has 0 aromatic heterocycles. The van der Waals surface area contributed by atoms with Gasteiger partial charge in [0.2, 0.25) is 0 Å². The molecule has 0 aliphatic carbocycles. The summed E-state index contributed by atoms with van der Waals surface area (Å²) in [5.74, 6) is -7.18. The molecule has 0 aromatic carbocycles. The van der Waals surface area contributed by atoms with Crippen molar-refractivity contribution in [3.8, 4) is 0 Å². The first-order valence-corrected chi connectivity index (χ1v) is 22.0. The summed E-state index contributed by atoms with van der Waals surface area (Å²) in [7, 11) is 4.99. The number of ketones is 1. The molecule has 5 unspecified atom stereocenters. The monoisotopic (exact) mass is 909 g/mol. The Labute approximate surface area is 370 Å². The van der Waals surface area contributed by atoms with Gasteiger partial charge in [-0.2, -0.15) is 0 Å². The summed E-state index contributed by atoms with van der Waals surface area (Å²) in [5.41, 5.74) is -5.35. The van der Waals surface area contributed by atoms with Gasteiger partial charge in [0.15, 0.2) is 25.0 Å². The number of carbonyl (C=O) groups is 3. The number of methoxy groups -OCH3 is 1. The minimum atomic E-state index is -2.08. The zero-order valence-electron chi connectivity index (χ0n) is 38.9. The fourth-order valence-corrected chi connectivity index (χ4v) is 9.96. The standard InChI is InChI=1S/C43H75NO19/c1-14-25-43(10,55)34(50)20(4)27(45)18(2)16-41(8,54)35(62-39-28(46)24(44(11)12)15-19(3)57-39)21(5)32(22(6)38(53)59-25)60-26-17-42(9,56-13)36(23(7)58-26)63-40-31(49)29(47)30(48)33(61-40)37(51)52/h18-26,28-36,39-40,46-50,54-55H,14-17H2,1-13H3,(H,51,52)/t18-,19-,20+,21+,22-,23+,24+,25-,26+,28-,29?,30?,31?,32+,33?,34-,35-,36+,39+,40?,41-,42-,43-/m1/s1. The number of cyclic esters (lactones) is 1. The third-order valence-corrected chi connectivity index (χ3v) is 13.9. The number of carboxylic acids is 1. The van der Waals surface area contributed by atoms with E-state index in [-0.39, 0.29) is 25.4 Å². The van der Waals surface area contributed by atoms with E-state index in [4.69, 9.17) is 37.9 Å². The van der Waals surface area contributed by atoms with Gasteiger partial charge in [-0.1, -0.05) is 27.7 Å². The lowest BCUT2D eigenvalue weighted by Crippen LogP contribution is -2.65. The number of Topliss-reactive ketones (excluding diaryl/α,β-unsaturated/α-hetero) is 1. The van der Waals surface area contributed by atoms with Crippen molar-refractivity contribution in [2.45, 2.75) is 210 Å². The summed E-state index contributed by atoms with van der Waals surface area (Å²) in [6, 6.07) is -0.400. The van der Waals surface area contributed by atoms with E-state index in [1.807, 2.05) is 25.9 Å². The Bertz CT molecular complexity index is 1550. The van der Waals surface area contributed by atoms with Crippen molar-refractivity contribution in [1.29, 1.82) is 0 Å². The van der Waals surface area contributed by atoms with Crippen molar-refractivity contribution in [2.75, 3.05) is 21.2 Å². The molecular weight excluding hydrogens is 834 g/mol. The number of esters is 1. The van der Waals surface area contributed by atoms with Crippen LogP contribution in [0.25, 0.3) is 0 Å². The van der Waals surface area contributed by atoms with Gasteiger partial charge >= 0.3 is 11.9 Å². The van der Waals surface area contributed by atoms with Crippen LogP contribution < -0.4 is 0 Å². The highest BCUT2D eigenvalue weighted by Gasteiger charge is 2.56. The van der Waals surface area contributed by atoms with Gasteiger partial charge < -0.3 is 83.6 Å². The van der Waals surface area contributed by atoms with Gasteiger partial charge in [-0.3, -0.25) is 9.59 Å². The Hall–Kier alpha value is -1.99. The fraction of sp³-hybridized carbons (Fsp3) is 0.930. The Balaban J connectivity index is 1.78. The number of nitrogens with zero attached hydrogens (tertiary/aromatic N) is 1. The summed E-state index contributed by atoms with van der Waals surface area (Å²) >= 11 is 0. The van der Waals surface area contributed by atoms with Gasteiger partial charge in [0.25, 0.3) is 0 Å². The van der Waals surface area contributed by atoms with Crippen LogP contribution in [0.4, 0.5) is 0 Å². The average molecular weight is 910 g/mol. The lowest BCUT2D eigenvalue weighted by atomic mass is 9.74. The van der Waals surface area contributed by atoms with Gasteiger partial charge in [0.1, 0.15) is 48.0 Å². The summed E-state index contributed by atoms with van der Waals surface area (Å²) in [5, 5.41) is 88.4. The number of aliphatic carboxylic acids is 1. The van der Waals surface area contributed by atoms with Crippen LogP contribution in [-0.4, -0.2) is 200 Å². The highest BCUT2D eigenvalue weighted by atomic mass is 16.7. The van der Waals surface area contributed by atoms with Gasteiger partial charge in [-0.15, -0.1) is 0 Å². The largest absolute Gasteiger partial charge is 0.479 e. The van der Waals surface area contributed by atoms with E-state index in [2.05, 4.69) is 0 Å². The van der Waals surface area contributed by atoms with E-state index in [0.29, 0.717) is 6.42 Å². The summed E-state index contributed by atoms with van der Waals surface area (Å²) in [6.45, 7) is 15.7. The van der Waals surface area contributed by atoms with Crippen molar-refractivity contribution < 1.29 is 93.1 Å². The molecule has 4 heterocycles. The normalized spacial score (nSPS) is 49.9. The second kappa shape index (κ2) is 20.9. The fourth-order valence-electron chi connectivity index (χ4n) is 9.96. The van der Waals surface area contributed by atoms with Crippen LogP contribution in [0.3, 0.4) is 0 Å². The smallest absolute Gasteiger partial charge is 0.335 e. The molecule has 4 fully saturated rings. The molecule has 0 spiro atoms. The second-order valence-electron chi connectivity index (χ2n) is 19.3. The third-order valence-electron chi connectivity index (χ3n) is 13.9. The number of hydrogen-bond acceptors (Lipinski definition) is 19.